The number of benzene rings is 2. The van der Waals surface area contributed by atoms with Crippen LogP contribution in [0.4, 0.5) is 9.18 Å². The van der Waals surface area contributed by atoms with Crippen molar-refractivity contribution in [3.8, 4) is 0 Å². The lowest BCUT2D eigenvalue weighted by atomic mass is 9.85. The summed E-state index contributed by atoms with van der Waals surface area (Å²) < 4.78 is 20.8. The Morgan fingerprint density at radius 1 is 1.04 bits per heavy atom. The fraction of sp³-hybridized carbons (Fsp3) is 0.421. The van der Waals surface area contributed by atoms with Gasteiger partial charge in [-0.25, -0.2) is 19.2 Å². The molecule has 52 heavy (non-hydrogen) atoms. The van der Waals surface area contributed by atoms with E-state index in [1.807, 2.05) is 51.1 Å². The van der Waals surface area contributed by atoms with Gasteiger partial charge in [0, 0.05) is 38.2 Å². The van der Waals surface area contributed by atoms with Gasteiger partial charge >= 0.3 is 6.09 Å². The zero-order valence-corrected chi connectivity index (χ0v) is 30.2. The second kappa shape index (κ2) is 16.8. The molecule has 1 saturated heterocycles. The molecule has 1 aliphatic heterocycles. The smallest absolute Gasteiger partial charge is 0.407 e. The van der Waals surface area contributed by atoms with Crippen LogP contribution < -0.4 is 16.0 Å². The number of carbonyl (C=O) groups excluding carboxylic acids is 4. The van der Waals surface area contributed by atoms with Crippen LogP contribution in [-0.2, 0) is 27.4 Å². The second-order valence-electron chi connectivity index (χ2n) is 14.2. The summed E-state index contributed by atoms with van der Waals surface area (Å²) in [6.07, 6.45) is 5.03. The molecule has 0 bridgehead atoms. The largest absolute Gasteiger partial charge is 0.445 e. The molecule has 0 aliphatic carbocycles. The maximum absolute atomic E-state index is 14.5. The predicted molar refractivity (Wildman–Crippen MR) is 193 cm³/mol. The van der Waals surface area contributed by atoms with Crippen molar-refractivity contribution in [3.05, 3.63) is 102 Å². The maximum Gasteiger partial charge on any atom is 0.407 e. The summed E-state index contributed by atoms with van der Waals surface area (Å²) in [5, 5.41) is 8.75. The van der Waals surface area contributed by atoms with Gasteiger partial charge in [-0.05, 0) is 61.6 Å². The molecule has 14 heteroatoms. The molecule has 4 amide bonds. The van der Waals surface area contributed by atoms with Crippen molar-refractivity contribution in [3.63, 3.8) is 0 Å². The van der Waals surface area contributed by atoms with Gasteiger partial charge in [-0.1, -0.05) is 63.2 Å². The first-order chi connectivity index (χ1) is 24.8. The monoisotopic (exact) mass is 714 g/mol. The predicted octanol–water partition coefficient (Wildman–Crippen LogP) is 3.59. The van der Waals surface area contributed by atoms with Gasteiger partial charge in [0.05, 0.1) is 18.1 Å². The SMILES string of the molecule is CN[C@@H](C)C(=O)N[C@H](C(=O)N1C[C@@H](NC(=O)OCc2ccccc2)CC1CN(CCc1ccc(F)cc1)C(=O)c1cn2cccnc2n1)C(C)(C)C. The molecule has 5 rings (SSSR count). The van der Waals surface area contributed by atoms with Gasteiger partial charge in [0.1, 0.15) is 24.2 Å². The zero-order valence-electron chi connectivity index (χ0n) is 30.2. The molecule has 276 valence electrons. The topological polar surface area (TPSA) is 150 Å². The van der Waals surface area contributed by atoms with Gasteiger partial charge in [-0.2, -0.15) is 0 Å². The number of hydrogen-bond acceptors (Lipinski definition) is 8. The highest BCUT2D eigenvalue weighted by atomic mass is 19.1. The Morgan fingerprint density at radius 2 is 1.77 bits per heavy atom. The molecule has 4 atom stereocenters. The Morgan fingerprint density at radius 3 is 2.44 bits per heavy atom. The quantitative estimate of drug-likeness (QED) is 0.190. The van der Waals surface area contributed by atoms with Gasteiger partial charge < -0.3 is 30.5 Å². The van der Waals surface area contributed by atoms with Crippen LogP contribution in [0.25, 0.3) is 5.78 Å². The van der Waals surface area contributed by atoms with Crippen LogP contribution in [0.1, 0.15) is 55.7 Å². The third kappa shape index (κ3) is 9.69. The highest BCUT2D eigenvalue weighted by molar-refractivity contribution is 5.93. The van der Waals surface area contributed by atoms with E-state index in [1.54, 1.807) is 65.0 Å². The lowest BCUT2D eigenvalue weighted by Gasteiger charge is -2.37. The van der Waals surface area contributed by atoms with Crippen molar-refractivity contribution in [1.82, 2.24) is 40.1 Å². The summed E-state index contributed by atoms with van der Waals surface area (Å²) in [5.74, 6) is -1.04. The maximum atomic E-state index is 14.5. The fourth-order valence-corrected chi connectivity index (χ4v) is 6.15. The number of halogens is 1. The summed E-state index contributed by atoms with van der Waals surface area (Å²) in [6.45, 7) is 7.87. The van der Waals surface area contributed by atoms with Crippen LogP contribution in [0.3, 0.4) is 0 Å². The average molecular weight is 715 g/mol. The van der Waals surface area contributed by atoms with Crippen molar-refractivity contribution < 1.29 is 28.3 Å². The van der Waals surface area contributed by atoms with Gasteiger partial charge in [0.2, 0.25) is 17.6 Å². The summed E-state index contributed by atoms with van der Waals surface area (Å²) in [7, 11) is 1.67. The molecule has 13 nitrogen and oxygen atoms in total. The molecular formula is C38H47FN8O5. The van der Waals surface area contributed by atoms with E-state index in [1.165, 1.54) is 12.1 Å². The molecule has 2 aromatic carbocycles. The first kappa shape index (κ1) is 37.9. The molecule has 0 spiro atoms. The third-order valence-corrected chi connectivity index (χ3v) is 9.21. The number of hydrogen-bond donors (Lipinski definition) is 3. The van der Waals surface area contributed by atoms with E-state index in [0.29, 0.717) is 18.6 Å². The van der Waals surface area contributed by atoms with Gasteiger partial charge in [-0.15, -0.1) is 0 Å². The number of nitrogens with one attached hydrogen (secondary N) is 3. The fourth-order valence-electron chi connectivity index (χ4n) is 6.15. The van der Waals surface area contributed by atoms with E-state index >= 15 is 0 Å². The highest BCUT2D eigenvalue weighted by Crippen LogP contribution is 2.27. The van der Waals surface area contributed by atoms with Crippen molar-refractivity contribution in [2.75, 3.05) is 26.7 Å². The minimum absolute atomic E-state index is 0.0762. The number of fused-ring (bicyclic) bond motifs is 1. The third-order valence-electron chi connectivity index (χ3n) is 9.21. The molecule has 1 unspecified atom stereocenters. The van der Waals surface area contributed by atoms with E-state index in [-0.39, 0.29) is 55.5 Å². The number of amides is 4. The number of carbonyl (C=O) groups is 4. The van der Waals surface area contributed by atoms with E-state index in [9.17, 15) is 23.6 Å². The minimum Gasteiger partial charge on any atom is -0.445 e. The molecule has 1 fully saturated rings. The minimum atomic E-state index is -0.907. The van der Waals surface area contributed by atoms with Crippen LogP contribution >= 0.6 is 0 Å². The van der Waals surface area contributed by atoms with Gasteiger partial charge in [0.25, 0.3) is 5.91 Å². The van der Waals surface area contributed by atoms with Crippen LogP contribution in [0.2, 0.25) is 0 Å². The molecular weight excluding hydrogens is 667 g/mol. The first-order valence-electron chi connectivity index (χ1n) is 17.4. The second-order valence-corrected chi connectivity index (χ2v) is 14.2. The number of likely N-dealkylation sites (tertiary alicyclic amines) is 1. The van der Waals surface area contributed by atoms with Crippen LogP contribution in [0.15, 0.2) is 79.3 Å². The number of rotatable bonds is 13. The number of likely N-dealkylation sites (N-methyl/N-ethyl adjacent to an activating group) is 1. The van der Waals surface area contributed by atoms with Gasteiger partial charge in [-0.3, -0.25) is 18.8 Å². The molecule has 3 N–H and O–H groups in total. The Labute approximate surface area is 302 Å². The molecule has 1 aliphatic rings. The standard InChI is InChI=1S/C38H47FN8O5/c1-25(40-5)33(48)44-32(38(2,3)4)35(50)47-21-29(42-37(51)52-24-27-10-7-6-8-11-27)20-30(47)22-45(19-16-26-12-14-28(39)15-13-26)34(49)31-23-46-18-9-17-41-36(46)43-31/h6-15,17-18,23,25,29-30,32,40H,16,19-22,24H2,1-5H3,(H,42,51)(H,44,48)/t25-,29-,30?,32+/m0/s1. The highest BCUT2D eigenvalue weighted by Gasteiger charge is 2.44. The number of alkyl carbamates (subject to hydrolysis) is 1. The van der Waals surface area contributed by atoms with E-state index < -0.39 is 35.7 Å². The molecule has 4 aromatic rings. The summed E-state index contributed by atoms with van der Waals surface area (Å²) >= 11 is 0. The zero-order chi connectivity index (χ0) is 37.4. The number of imidazole rings is 1. The summed E-state index contributed by atoms with van der Waals surface area (Å²) in [4.78, 5) is 66.7. The van der Waals surface area contributed by atoms with Crippen molar-refractivity contribution in [1.29, 1.82) is 0 Å². The normalized spacial score (nSPS) is 17.0. The van der Waals surface area contributed by atoms with Crippen LogP contribution in [-0.4, -0.2) is 98.8 Å². The Bertz CT molecular complexity index is 1810. The number of aromatic nitrogens is 3. The molecule has 0 saturated carbocycles. The van der Waals surface area contributed by atoms with Crippen LogP contribution in [0.5, 0.6) is 0 Å². The average Bonchev–Trinajstić information content (AvgIpc) is 3.75. The Hall–Kier alpha value is -5.37. The Balaban J connectivity index is 1.42. The first-order valence-corrected chi connectivity index (χ1v) is 17.4. The van der Waals surface area contributed by atoms with E-state index in [2.05, 4.69) is 25.9 Å². The molecule has 3 heterocycles. The number of nitrogens with zero attached hydrogens (tertiary/aromatic N) is 5. The van der Waals surface area contributed by atoms with E-state index in [0.717, 1.165) is 11.1 Å². The van der Waals surface area contributed by atoms with Crippen molar-refractivity contribution in [2.45, 2.75) is 71.3 Å². The lowest BCUT2D eigenvalue weighted by Crippen LogP contribution is -2.59. The van der Waals surface area contributed by atoms with Crippen molar-refractivity contribution >= 4 is 29.6 Å². The summed E-state index contributed by atoms with van der Waals surface area (Å²) in [5.41, 5.74) is 1.15. The molecule has 2 aromatic heterocycles. The number of ether oxygens (including phenoxy) is 1. The summed E-state index contributed by atoms with van der Waals surface area (Å²) in [6, 6.07) is 14.6. The van der Waals surface area contributed by atoms with Crippen molar-refractivity contribution in [2.24, 2.45) is 5.41 Å². The molecule has 0 radical (unpaired) electrons. The lowest BCUT2D eigenvalue weighted by molar-refractivity contribution is -0.140. The Kier molecular flexibility index (Phi) is 12.2. The van der Waals surface area contributed by atoms with E-state index in [4.69, 9.17) is 4.74 Å². The van der Waals surface area contributed by atoms with Gasteiger partial charge in [0.15, 0.2) is 0 Å². The van der Waals surface area contributed by atoms with Crippen LogP contribution in [0, 0.1) is 11.2 Å².